The summed E-state index contributed by atoms with van der Waals surface area (Å²) >= 11 is 0. The Labute approximate surface area is 610 Å². The summed E-state index contributed by atoms with van der Waals surface area (Å²) in [7, 11) is 0. The summed E-state index contributed by atoms with van der Waals surface area (Å²) in [6.07, 6.45) is 2.25. The van der Waals surface area contributed by atoms with Gasteiger partial charge in [-0.3, -0.25) is 14.5 Å². The zero-order valence-corrected chi connectivity index (χ0v) is 64.7. The van der Waals surface area contributed by atoms with Gasteiger partial charge in [0, 0.05) is 53.6 Å². The van der Waals surface area contributed by atoms with Crippen LogP contribution in [0.1, 0.15) is 207 Å². The minimum atomic E-state index is -1.42. The molecule has 101 heavy (non-hydrogen) atoms. The Morgan fingerprint density at radius 3 is 1.08 bits per heavy atom. The van der Waals surface area contributed by atoms with Crippen LogP contribution in [-0.2, 0) is 38.9 Å². The average Bonchev–Trinajstić information content (AvgIpc) is 1.61. The molecule has 0 aliphatic carbocycles. The molecule has 4 heterocycles. The van der Waals surface area contributed by atoms with Crippen LogP contribution in [0, 0.1) is 50.4 Å². The van der Waals surface area contributed by atoms with Crippen LogP contribution in [0.5, 0.6) is 0 Å². The molecular weight excluding hydrogens is 1230 g/mol. The zero-order chi connectivity index (χ0) is 76.0. The third-order valence-corrected chi connectivity index (χ3v) is 17.6. The Bertz CT molecular complexity index is 4690. The van der Waals surface area contributed by atoms with Gasteiger partial charge >= 0.3 is 0 Å². The fourth-order valence-electron chi connectivity index (χ4n) is 13.5. The van der Waals surface area contributed by atoms with Gasteiger partial charge in [-0.2, -0.15) is 10.5 Å². The predicted octanol–water partition coefficient (Wildman–Crippen LogP) is 25.7. The van der Waals surface area contributed by atoms with Gasteiger partial charge in [-0.15, -0.1) is 0 Å². The molecule has 0 amide bonds. The normalized spacial score (nSPS) is 12.0. The van der Waals surface area contributed by atoms with E-state index in [4.69, 9.17) is 18.2 Å². The van der Waals surface area contributed by atoms with Gasteiger partial charge < -0.3 is 0 Å². The van der Waals surface area contributed by atoms with Gasteiger partial charge in [-0.25, -0.2) is 4.98 Å². The van der Waals surface area contributed by atoms with E-state index in [1.165, 1.54) is 88.6 Å². The molecule has 0 fully saturated rings. The summed E-state index contributed by atoms with van der Waals surface area (Å²) in [4.78, 5) is 13.8. The van der Waals surface area contributed by atoms with Gasteiger partial charge in [0.05, 0.1) is 45.7 Å². The molecule has 12 aromatic rings. The maximum absolute atomic E-state index is 8.83. The lowest BCUT2D eigenvalue weighted by Gasteiger charge is -2.24. The molecule has 0 aliphatic rings. The number of aromatic nitrogens is 4. The lowest BCUT2D eigenvalue weighted by Crippen LogP contribution is -2.16. The molecule has 0 radical (unpaired) electrons. The second-order valence-corrected chi connectivity index (χ2v) is 32.4. The van der Waals surface area contributed by atoms with E-state index in [1.807, 2.05) is 60.9 Å². The molecule has 520 valence electrons. The van der Waals surface area contributed by atoms with E-state index >= 15 is 0 Å². The third kappa shape index (κ3) is 20.8. The number of pyridine rings is 3. The molecule has 4 aromatic heterocycles. The number of aryl methyl sites for hydroxylation is 5. The molecule has 12 rings (SSSR count). The van der Waals surface area contributed by atoms with Crippen LogP contribution >= 0.6 is 0 Å². The first kappa shape index (κ1) is 75.2. The number of fused-ring (bicyclic) bond motifs is 3. The van der Waals surface area contributed by atoms with Crippen LogP contribution in [0.25, 0.3) is 61.0 Å². The molecule has 0 atom stereocenters. The summed E-state index contributed by atoms with van der Waals surface area (Å²) in [5.41, 5.74) is 24.5. The minimum absolute atomic E-state index is 0.0695. The van der Waals surface area contributed by atoms with E-state index in [-0.39, 0.29) is 32.5 Å². The number of hydrogen-bond acceptors (Lipinski definition) is 5. The van der Waals surface area contributed by atoms with E-state index < -0.39 is 6.37 Å². The molecule has 6 heteroatoms. The summed E-state index contributed by atoms with van der Waals surface area (Å²) < 4.78 is 18.0. The Morgan fingerprint density at radius 2 is 0.723 bits per heavy atom. The van der Waals surface area contributed by atoms with Crippen LogP contribution in [-0.4, -0.2) is 19.5 Å². The van der Waals surface area contributed by atoms with Gasteiger partial charge in [0.1, 0.15) is 5.82 Å². The third-order valence-electron chi connectivity index (χ3n) is 17.6. The van der Waals surface area contributed by atoms with Crippen molar-refractivity contribution >= 4 is 21.8 Å². The lowest BCUT2D eigenvalue weighted by molar-refractivity contribution is 0.568. The quantitative estimate of drug-likeness (QED) is 0.171. The number of nitrogens with zero attached hydrogens (tertiary/aromatic N) is 6. The number of benzene rings is 8. The molecule has 0 saturated carbocycles. The van der Waals surface area contributed by atoms with Crippen molar-refractivity contribution < 1.29 is 2.74 Å². The van der Waals surface area contributed by atoms with Gasteiger partial charge in [-0.05, 0) is 189 Å². The largest absolute Gasteiger partial charge is 0.294 e. The summed E-state index contributed by atoms with van der Waals surface area (Å²) in [5, 5.41) is 20.2. The molecular formula is C95H110N6. The number of nitriles is 2. The van der Waals surface area contributed by atoms with Crippen molar-refractivity contribution in [1.82, 2.24) is 19.5 Å². The lowest BCUT2D eigenvalue weighted by atomic mass is 9.80. The van der Waals surface area contributed by atoms with Crippen molar-refractivity contribution in [1.29, 1.82) is 10.5 Å². The molecule has 0 N–H and O–H groups in total. The fourth-order valence-corrected chi connectivity index (χ4v) is 13.5. The molecule has 0 aliphatic heterocycles. The molecule has 0 bridgehead atoms. The maximum Gasteiger partial charge on any atom is 0.137 e. The number of rotatable bonds is 5. The van der Waals surface area contributed by atoms with Gasteiger partial charge in [-0.1, -0.05) is 289 Å². The standard InChI is InChI=1S/C27H24N2.C17H21N.C16H18.2C13H17N.C9H13N/c1-27(2,3)26-20(19-11-5-4-6-12-19)17-18-25(28-26)29-23-15-9-7-13-21(23)22-14-8-10-16-24(22)29;1-5-14-11-12-15(13-9-7-6-8-10-13)16(18-14)17(2,3)4;1-16(2,3)15-12-8-7-11-14(15)13-9-5-4-6-10-13;2*1-9-6-11(8-14)7-10(2)12(9)13(3,4)5;1-9(2,3)8-4-6-10-7-5-8/h4-18H,1-3H3;6-12H,5H2,1-4H3;4-12H,1-3H3;2*6-7H,1-5H3;4-7H,1-3H3/i;5D2;;;;. The fraction of sp³-hybridized carbons (Fsp3) is 0.316. The minimum Gasteiger partial charge on any atom is -0.294 e. The first-order valence-electron chi connectivity index (χ1n) is 36.4. The Morgan fingerprint density at radius 1 is 0.366 bits per heavy atom. The highest BCUT2D eigenvalue weighted by atomic mass is 15.1. The van der Waals surface area contributed by atoms with E-state index in [2.05, 4.69) is 349 Å². The summed E-state index contributed by atoms with van der Waals surface area (Å²) in [6, 6.07) is 81.6. The van der Waals surface area contributed by atoms with E-state index in [9.17, 15) is 0 Å². The number of hydrogen-bond donors (Lipinski definition) is 0. The van der Waals surface area contributed by atoms with E-state index in [1.54, 1.807) is 13.0 Å². The first-order valence-corrected chi connectivity index (χ1v) is 35.4. The highest BCUT2D eigenvalue weighted by Gasteiger charge is 2.26. The van der Waals surface area contributed by atoms with Gasteiger partial charge in [0.15, 0.2) is 0 Å². The van der Waals surface area contributed by atoms with Crippen LogP contribution in [0.15, 0.2) is 237 Å². The topological polar surface area (TPSA) is 91.2 Å². The van der Waals surface area contributed by atoms with Crippen molar-refractivity contribution in [2.24, 2.45) is 0 Å². The molecule has 6 nitrogen and oxygen atoms in total. The highest BCUT2D eigenvalue weighted by Crippen LogP contribution is 2.38. The van der Waals surface area contributed by atoms with Crippen molar-refractivity contribution in [2.45, 2.75) is 198 Å². The SMILES string of the molecule is CC(C)(C)c1ccccc1-c1ccccc1.CC(C)(C)c1ccncc1.CC(C)(C)c1nc(-n2c3ccccc3c3ccccc32)ccc1-c1ccccc1.Cc1cc(C#N)cc(C)c1C(C)(C)C.Cc1cc(C#N)cc(C)c1C(C)(C)C.[2H]C([2H])(C)c1ccc(-c2ccccc2)c(C(C)(C)C)n1. The van der Waals surface area contributed by atoms with Crippen LogP contribution in [0.2, 0.25) is 0 Å². The smallest absolute Gasteiger partial charge is 0.137 e. The average molecular weight is 1340 g/mol. The second-order valence-electron chi connectivity index (χ2n) is 32.4. The molecule has 8 aromatic carbocycles. The highest BCUT2D eigenvalue weighted by molar-refractivity contribution is 6.09. The maximum atomic E-state index is 8.83. The van der Waals surface area contributed by atoms with Gasteiger partial charge in [0.25, 0.3) is 0 Å². The van der Waals surface area contributed by atoms with Crippen LogP contribution in [0.3, 0.4) is 0 Å². The summed E-state index contributed by atoms with van der Waals surface area (Å²) in [5.74, 6) is 0.965. The van der Waals surface area contributed by atoms with Crippen molar-refractivity contribution in [3.63, 3.8) is 0 Å². The summed E-state index contributed by atoms with van der Waals surface area (Å²) in [6.45, 7) is 49.5. The van der Waals surface area contributed by atoms with Crippen molar-refractivity contribution in [2.75, 3.05) is 0 Å². The molecule has 0 spiro atoms. The van der Waals surface area contributed by atoms with E-state index in [0.717, 1.165) is 39.5 Å². The monoisotopic (exact) mass is 1340 g/mol. The van der Waals surface area contributed by atoms with Crippen LogP contribution < -0.4 is 0 Å². The Hall–Kier alpha value is -10.0. The van der Waals surface area contributed by atoms with Crippen molar-refractivity contribution in [3.05, 3.63) is 310 Å². The molecule has 0 unspecified atom stereocenters. The molecule has 0 saturated heterocycles. The second kappa shape index (κ2) is 33.4. The Kier molecular flexibility index (Phi) is 24.9. The number of para-hydroxylation sites is 2. The van der Waals surface area contributed by atoms with Crippen molar-refractivity contribution in [3.8, 4) is 51.3 Å². The van der Waals surface area contributed by atoms with E-state index in [0.29, 0.717) is 5.69 Å². The predicted molar refractivity (Wildman–Crippen MR) is 433 cm³/mol. The first-order chi connectivity index (χ1) is 48.1. The Balaban J connectivity index is 0.000000179. The van der Waals surface area contributed by atoms with Gasteiger partial charge in [0.2, 0.25) is 0 Å². The zero-order valence-electron chi connectivity index (χ0n) is 66.7. The van der Waals surface area contributed by atoms with Crippen LogP contribution in [0.4, 0.5) is 0 Å².